The lowest BCUT2D eigenvalue weighted by molar-refractivity contribution is -0.130. The molecule has 2 rings (SSSR count). The average Bonchev–Trinajstić information content (AvgIpc) is 2.62. The number of aromatic nitrogens is 1. The van der Waals surface area contributed by atoms with E-state index in [2.05, 4.69) is 22.1 Å². The third kappa shape index (κ3) is 4.58. The Morgan fingerprint density at radius 1 is 1.38 bits per heavy atom. The van der Waals surface area contributed by atoms with Crippen molar-refractivity contribution < 1.29 is 4.79 Å². The van der Waals surface area contributed by atoms with Gasteiger partial charge in [-0.05, 0) is 25.0 Å². The van der Waals surface area contributed by atoms with Crippen LogP contribution in [0, 0.1) is 0 Å². The molecule has 2 heterocycles. The van der Waals surface area contributed by atoms with Crippen molar-refractivity contribution in [1.82, 2.24) is 14.8 Å². The van der Waals surface area contributed by atoms with E-state index in [0.717, 1.165) is 44.0 Å². The molecule has 0 aromatic carbocycles. The Bertz CT molecular complexity index is 495. The first kappa shape index (κ1) is 16.0. The standard InChI is InChI=1S/C15H23ClN4O/c1-3-7-17-14-6-5-12(16)13(18-14)10-20-9-4-8-19(2)15(21)11-20/h5-6H,3-4,7-11H2,1-2H3,(H,17,18). The van der Waals surface area contributed by atoms with Crippen molar-refractivity contribution >= 4 is 23.3 Å². The second-order valence-electron chi connectivity index (χ2n) is 5.43. The number of rotatable bonds is 5. The van der Waals surface area contributed by atoms with E-state index in [1.807, 2.05) is 19.2 Å². The Morgan fingerprint density at radius 3 is 2.95 bits per heavy atom. The molecule has 1 saturated heterocycles. The number of likely N-dealkylation sites (N-methyl/N-ethyl adjacent to an activating group) is 1. The molecular weight excluding hydrogens is 288 g/mol. The van der Waals surface area contributed by atoms with E-state index < -0.39 is 0 Å². The van der Waals surface area contributed by atoms with Gasteiger partial charge in [0.25, 0.3) is 0 Å². The van der Waals surface area contributed by atoms with Crippen LogP contribution >= 0.6 is 11.6 Å². The number of nitrogens with one attached hydrogen (secondary N) is 1. The third-order valence-corrected chi connectivity index (χ3v) is 3.94. The van der Waals surface area contributed by atoms with Crippen LogP contribution in [0.2, 0.25) is 5.02 Å². The van der Waals surface area contributed by atoms with E-state index in [0.29, 0.717) is 18.1 Å². The Hall–Kier alpha value is -1.33. The molecule has 1 aliphatic heterocycles. The van der Waals surface area contributed by atoms with Gasteiger partial charge in [-0.25, -0.2) is 4.98 Å². The Kier molecular flexibility index (Phi) is 5.82. The Morgan fingerprint density at radius 2 is 2.19 bits per heavy atom. The first-order valence-corrected chi connectivity index (χ1v) is 7.83. The molecule has 1 fully saturated rings. The van der Waals surface area contributed by atoms with Crippen LogP contribution in [0.15, 0.2) is 12.1 Å². The summed E-state index contributed by atoms with van der Waals surface area (Å²) in [4.78, 5) is 20.4. The van der Waals surface area contributed by atoms with Crippen molar-refractivity contribution in [3.8, 4) is 0 Å². The number of halogens is 1. The summed E-state index contributed by atoms with van der Waals surface area (Å²) in [6, 6.07) is 3.76. The summed E-state index contributed by atoms with van der Waals surface area (Å²) in [7, 11) is 1.85. The highest BCUT2D eigenvalue weighted by atomic mass is 35.5. The summed E-state index contributed by atoms with van der Waals surface area (Å²) in [5, 5.41) is 3.92. The first-order valence-electron chi connectivity index (χ1n) is 7.45. The monoisotopic (exact) mass is 310 g/mol. The minimum atomic E-state index is 0.156. The molecule has 0 atom stereocenters. The largest absolute Gasteiger partial charge is 0.370 e. The summed E-state index contributed by atoms with van der Waals surface area (Å²) in [6.07, 6.45) is 2.03. The van der Waals surface area contributed by atoms with Crippen LogP contribution in [0.4, 0.5) is 5.82 Å². The van der Waals surface area contributed by atoms with Gasteiger partial charge in [-0.3, -0.25) is 9.69 Å². The van der Waals surface area contributed by atoms with Crippen molar-refractivity contribution in [2.75, 3.05) is 38.5 Å². The van der Waals surface area contributed by atoms with Crippen LogP contribution in [0.25, 0.3) is 0 Å². The number of nitrogens with zero attached hydrogens (tertiary/aromatic N) is 3. The summed E-state index contributed by atoms with van der Waals surface area (Å²) < 4.78 is 0. The minimum Gasteiger partial charge on any atom is -0.370 e. The van der Waals surface area contributed by atoms with Crippen LogP contribution < -0.4 is 5.32 Å². The van der Waals surface area contributed by atoms with Gasteiger partial charge in [0, 0.05) is 33.2 Å². The summed E-state index contributed by atoms with van der Waals surface area (Å²) in [5.74, 6) is 0.999. The van der Waals surface area contributed by atoms with Crippen molar-refractivity contribution in [2.45, 2.75) is 26.3 Å². The normalized spacial score (nSPS) is 16.9. The molecule has 1 amide bonds. The maximum absolute atomic E-state index is 11.9. The molecule has 0 unspecified atom stereocenters. The zero-order valence-corrected chi connectivity index (χ0v) is 13.5. The van der Waals surface area contributed by atoms with E-state index in [4.69, 9.17) is 11.6 Å². The fourth-order valence-corrected chi connectivity index (χ4v) is 2.51. The molecule has 21 heavy (non-hydrogen) atoms. The van der Waals surface area contributed by atoms with Gasteiger partial charge < -0.3 is 10.2 Å². The predicted octanol–water partition coefficient (Wildman–Crippen LogP) is 2.22. The second kappa shape index (κ2) is 7.61. The highest BCUT2D eigenvalue weighted by Gasteiger charge is 2.20. The van der Waals surface area contributed by atoms with Gasteiger partial charge in [0.15, 0.2) is 0 Å². The van der Waals surface area contributed by atoms with Gasteiger partial charge in [0.2, 0.25) is 5.91 Å². The summed E-state index contributed by atoms with van der Waals surface area (Å²) >= 11 is 6.24. The van der Waals surface area contributed by atoms with Gasteiger partial charge in [-0.1, -0.05) is 18.5 Å². The molecular formula is C15H23ClN4O. The van der Waals surface area contributed by atoms with Gasteiger partial charge in [0.05, 0.1) is 17.3 Å². The van der Waals surface area contributed by atoms with Crippen LogP contribution in [0.5, 0.6) is 0 Å². The lowest BCUT2D eigenvalue weighted by Gasteiger charge is -2.19. The van der Waals surface area contributed by atoms with Crippen LogP contribution in [0.1, 0.15) is 25.5 Å². The fourth-order valence-electron chi connectivity index (χ4n) is 2.34. The minimum absolute atomic E-state index is 0.156. The molecule has 0 spiro atoms. The van der Waals surface area contributed by atoms with Crippen LogP contribution in [-0.4, -0.2) is 53.9 Å². The third-order valence-electron chi connectivity index (χ3n) is 3.60. The van der Waals surface area contributed by atoms with Crippen molar-refractivity contribution in [2.24, 2.45) is 0 Å². The lowest BCUT2D eigenvalue weighted by atomic mass is 10.3. The molecule has 1 aromatic heterocycles. The molecule has 0 radical (unpaired) electrons. The van der Waals surface area contributed by atoms with Gasteiger partial charge in [-0.2, -0.15) is 0 Å². The number of carbonyl (C=O) groups excluding carboxylic acids is 1. The Labute approximate surface area is 131 Å². The highest BCUT2D eigenvalue weighted by Crippen LogP contribution is 2.19. The predicted molar refractivity (Wildman–Crippen MR) is 85.6 cm³/mol. The van der Waals surface area contributed by atoms with E-state index >= 15 is 0 Å². The zero-order valence-electron chi connectivity index (χ0n) is 12.7. The summed E-state index contributed by atoms with van der Waals surface area (Å²) in [6.45, 7) is 5.75. The topological polar surface area (TPSA) is 48.5 Å². The van der Waals surface area contributed by atoms with E-state index in [1.165, 1.54) is 0 Å². The molecule has 1 N–H and O–H groups in total. The first-order chi connectivity index (χ1) is 10.1. The number of carbonyl (C=O) groups is 1. The highest BCUT2D eigenvalue weighted by molar-refractivity contribution is 6.31. The molecule has 0 bridgehead atoms. The fraction of sp³-hybridized carbons (Fsp3) is 0.600. The number of pyridine rings is 1. The molecule has 1 aromatic rings. The van der Waals surface area contributed by atoms with Crippen molar-refractivity contribution in [3.63, 3.8) is 0 Å². The van der Waals surface area contributed by atoms with E-state index in [-0.39, 0.29) is 5.91 Å². The molecule has 0 aliphatic carbocycles. The zero-order chi connectivity index (χ0) is 15.2. The second-order valence-corrected chi connectivity index (χ2v) is 5.84. The maximum atomic E-state index is 11.9. The van der Waals surface area contributed by atoms with Gasteiger partial charge in [0.1, 0.15) is 5.82 Å². The number of anilines is 1. The quantitative estimate of drug-likeness (QED) is 0.906. The molecule has 5 nitrogen and oxygen atoms in total. The van der Waals surface area contributed by atoms with Gasteiger partial charge >= 0.3 is 0 Å². The van der Waals surface area contributed by atoms with Crippen molar-refractivity contribution in [3.05, 3.63) is 22.8 Å². The van der Waals surface area contributed by atoms with E-state index in [1.54, 1.807) is 4.90 Å². The number of amides is 1. The van der Waals surface area contributed by atoms with Crippen LogP contribution in [0.3, 0.4) is 0 Å². The summed E-state index contributed by atoms with van der Waals surface area (Å²) in [5.41, 5.74) is 0.829. The van der Waals surface area contributed by atoms with Crippen molar-refractivity contribution in [1.29, 1.82) is 0 Å². The van der Waals surface area contributed by atoms with Gasteiger partial charge in [-0.15, -0.1) is 0 Å². The SMILES string of the molecule is CCCNc1ccc(Cl)c(CN2CCCN(C)C(=O)C2)n1. The molecule has 116 valence electrons. The smallest absolute Gasteiger partial charge is 0.236 e. The average molecular weight is 311 g/mol. The number of hydrogen-bond donors (Lipinski definition) is 1. The van der Waals surface area contributed by atoms with E-state index in [9.17, 15) is 4.79 Å². The molecule has 0 saturated carbocycles. The number of hydrogen-bond acceptors (Lipinski definition) is 4. The van der Waals surface area contributed by atoms with Crippen LogP contribution in [-0.2, 0) is 11.3 Å². The molecule has 1 aliphatic rings. The lowest BCUT2D eigenvalue weighted by Crippen LogP contribution is -2.34. The molecule has 6 heteroatoms. The Balaban J connectivity index is 2.05. The maximum Gasteiger partial charge on any atom is 0.236 e.